The summed E-state index contributed by atoms with van der Waals surface area (Å²) in [6.07, 6.45) is 3.94. The molecule has 1 aromatic heterocycles. The maximum Gasteiger partial charge on any atom is 0.0991 e. The van der Waals surface area contributed by atoms with Crippen molar-refractivity contribution >= 4 is 0 Å². The molecule has 0 aliphatic heterocycles. The lowest BCUT2D eigenvalue weighted by molar-refractivity contribution is 0.246. The first-order chi connectivity index (χ1) is 11.2. The summed E-state index contributed by atoms with van der Waals surface area (Å²) in [6.45, 7) is 1.47. The van der Waals surface area contributed by atoms with Crippen LogP contribution in [0.5, 0.6) is 0 Å². The van der Waals surface area contributed by atoms with Crippen molar-refractivity contribution in [2.24, 2.45) is 0 Å². The van der Waals surface area contributed by atoms with Crippen molar-refractivity contribution in [1.29, 1.82) is 5.26 Å². The van der Waals surface area contributed by atoms with Crippen molar-refractivity contribution in [2.75, 3.05) is 7.05 Å². The van der Waals surface area contributed by atoms with E-state index in [0.717, 1.165) is 17.7 Å². The van der Waals surface area contributed by atoms with Crippen molar-refractivity contribution in [1.82, 2.24) is 14.7 Å². The zero-order chi connectivity index (χ0) is 16.1. The molecule has 4 heteroatoms. The van der Waals surface area contributed by atoms with Gasteiger partial charge in [-0.25, -0.2) is 0 Å². The minimum atomic E-state index is 0.696. The molecule has 0 fully saturated rings. The molecule has 3 rings (SSSR count). The Balaban J connectivity index is 1.65. The molecule has 0 bridgehead atoms. The van der Waals surface area contributed by atoms with Gasteiger partial charge in [0.15, 0.2) is 0 Å². The summed E-state index contributed by atoms with van der Waals surface area (Å²) in [5, 5.41) is 13.4. The molecule has 1 heterocycles. The maximum atomic E-state index is 8.96. The largest absolute Gasteiger partial charge is 0.283 e. The Bertz CT molecular complexity index is 815. The van der Waals surface area contributed by atoms with Crippen molar-refractivity contribution in [3.05, 3.63) is 78.1 Å². The molecular weight excluding hydrogens is 284 g/mol. The molecule has 23 heavy (non-hydrogen) atoms. The van der Waals surface area contributed by atoms with Gasteiger partial charge in [0.2, 0.25) is 0 Å². The number of hydrogen-bond donors (Lipinski definition) is 0. The van der Waals surface area contributed by atoms with Gasteiger partial charge in [-0.2, -0.15) is 10.4 Å². The van der Waals surface area contributed by atoms with Gasteiger partial charge in [-0.15, -0.1) is 0 Å². The topological polar surface area (TPSA) is 44.9 Å². The second kappa shape index (κ2) is 6.91. The Morgan fingerprint density at radius 1 is 1.09 bits per heavy atom. The lowest BCUT2D eigenvalue weighted by atomic mass is 10.1. The van der Waals surface area contributed by atoms with E-state index in [0.29, 0.717) is 12.2 Å². The molecule has 4 nitrogen and oxygen atoms in total. The summed E-state index contributed by atoms with van der Waals surface area (Å²) < 4.78 is 1.93. The van der Waals surface area contributed by atoms with Crippen LogP contribution in [0.1, 0.15) is 11.1 Å². The van der Waals surface area contributed by atoms with Crippen molar-refractivity contribution in [2.45, 2.75) is 13.2 Å². The van der Waals surface area contributed by atoms with E-state index in [1.165, 1.54) is 5.56 Å². The van der Waals surface area contributed by atoms with Gasteiger partial charge < -0.3 is 0 Å². The second-order valence-corrected chi connectivity index (χ2v) is 5.60. The maximum absolute atomic E-state index is 8.96. The molecule has 0 aliphatic carbocycles. The Morgan fingerprint density at radius 2 is 1.91 bits per heavy atom. The number of nitriles is 1. The Kier molecular flexibility index (Phi) is 4.51. The van der Waals surface area contributed by atoms with Gasteiger partial charge in [0, 0.05) is 18.3 Å². The van der Waals surface area contributed by atoms with Gasteiger partial charge in [0.05, 0.1) is 24.5 Å². The highest BCUT2D eigenvalue weighted by atomic mass is 15.4. The van der Waals surface area contributed by atoms with Crippen molar-refractivity contribution < 1.29 is 0 Å². The third-order valence-corrected chi connectivity index (χ3v) is 3.64. The van der Waals surface area contributed by atoms with E-state index in [4.69, 9.17) is 5.26 Å². The molecule has 114 valence electrons. The average Bonchev–Trinajstić information content (AvgIpc) is 3.04. The third-order valence-electron chi connectivity index (χ3n) is 3.64. The molecule has 0 saturated carbocycles. The highest BCUT2D eigenvalue weighted by molar-refractivity contribution is 5.61. The lowest BCUT2D eigenvalue weighted by Crippen LogP contribution is -2.21. The Hall–Kier alpha value is -2.90. The second-order valence-electron chi connectivity index (χ2n) is 5.60. The molecule has 0 saturated heterocycles. The molecule has 2 aromatic carbocycles. The molecule has 0 amide bonds. The summed E-state index contributed by atoms with van der Waals surface area (Å²) in [5.74, 6) is 0. The number of rotatable bonds is 5. The Morgan fingerprint density at radius 3 is 2.70 bits per heavy atom. The minimum Gasteiger partial charge on any atom is -0.283 e. The summed E-state index contributed by atoms with van der Waals surface area (Å²) in [4.78, 5) is 2.16. The van der Waals surface area contributed by atoms with Crippen molar-refractivity contribution in [3.8, 4) is 17.2 Å². The van der Waals surface area contributed by atoms with E-state index in [1.807, 2.05) is 60.4 Å². The van der Waals surface area contributed by atoms with E-state index >= 15 is 0 Å². The zero-order valence-corrected chi connectivity index (χ0v) is 13.1. The summed E-state index contributed by atoms with van der Waals surface area (Å²) in [6, 6.07) is 20.1. The molecule has 0 atom stereocenters. The summed E-state index contributed by atoms with van der Waals surface area (Å²) in [7, 11) is 2.04. The molecule has 0 radical (unpaired) electrons. The van der Waals surface area contributed by atoms with Gasteiger partial charge >= 0.3 is 0 Å². The minimum absolute atomic E-state index is 0.696. The van der Waals surface area contributed by atoms with Crippen LogP contribution in [0, 0.1) is 11.3 Å². The predicted octanol–water partition coefficient (Wildman–Crippen LogP) is 3.51. The number of benzene rings is 2. The number of aromatic nitrogens is 2. The van der Waals surface area contributed by atoms with Crippen LogP contribution >= 0.6 is 0 Å². The fraction of sp³-hybridized carbons (Fsp3) is 0.158. The van der Waals surface area contributed by atoms with Crippen LogP contribution in [-0.2, 0) is 13.2 Å². The monoisotopic (exact) mass is 302 g/mol. The zero-order valence-electron chi connectivity index (χ0n) is 13.1. The normalized spacial score (nSPS) is 10.7. The molecule has 0 unspecified atom stereocenters. The van der Waals surface area contributed by atoms with Crippen LogP contribution in [0.4, 0.5) is 0 Å². The molecule has 0 N–H and O–H groups in total. The molecule has 3 aromatic rings. The van der Waals surface area contributed by atoms with E-state index in [1.54, 1.807) is 0 Å². The molecule has 0 aliphatic rings. The standard InChI is InChI=1S/C19H18N4/c1-22(13-17-7-5-6-16(10-17)11-20)15-23-14-19(12-21-23)18-8-3-2-4-9-18/h2-10,12,14H,13,15H2,1H3. The first-order valence-corrected chi connectivity index (χ1v) is 7.50. The average molecular weight is 302 g/mol. The van der Waals surface area contributed by atoms with Crippen LogP contribution in [0.3, 0.4) is 0 Å². The van der Waals surface area contributed by atoms with Crippen LogP contribution in [0.15, 0.2) is 67.0 Å². The highest BCUT2D eigenvalue weighted by Crippen LogP contribution is 2.17. The highest BCUT2D eigenvalue weighted by Gasteiger charge is 2.05. The molecule has 0 spiro atoms. The fourth-order valence-corrected chi connectivity index (χ4v) is 2.57. The third kappa shape index (κ3) is 3.85. The molecular formula is C19H18N4. The van der Waals surface area contributed by atoms with Gasteiger partial charge in [-0.05, 0) is 30.3 Å². The van der Waals surface area contributed by atoms with Crippen molar-refractivity contribution in [3.63, 3.8) is 0 Å². The van der Waals surface area contributed by atoms with Crippen LogP contribution in [0.2, 0.25) is 0 Å². The van der Waals surface area contributed by atoms with Gasteiger partial charge in [0.1, 0.15) is 0 Å². The lowest BCUT2D eigenvalue weighted by Gasteiger charge is -2.16. The Labute approximate surface area is 136 Å². The summed E-state index contributed by atoms with van der Waals surface area (Å²) >= 11 is 0. The quantitative estimate of drug-likeness (QED) is 0.724. The van der Waals surface area contributed by atoms with E-state index in [-0.39, 0.29) is 0 Å². The summed E-state index contributed by atoms with van der Waals surface area (Å²) in [5.41, 5.74) is 4.11. The van der Waals surface area contributed by atoms with Gasteiger partial charge in [-0.3, -0.25) is 9.58 Å². The van der Waals surface area contributed by atoms with E-state index in [2.05, 4.69) is 34.4 Å². The van der Waals surface area contributed by atoms with Gasteiger partial charge in [-0.1, -0.05) is 42.5 Å². The fourth-order valence-electron chi connectivity index (χ4n) is 2.57. The van der Waals surface area contributed by atoms with Gasteiger partial charge in [0.25, 0.3) is 0 Å². The number of hydrogen-bond acceptors (Lipinski definition) is 3. The predicted molar refractivity (Wildman–Crippen MR) is 90.3 cm³/mol. The van der Waals surface area contributed by atoms with E-state index < -0.39 is 0 Å². The number of nitrogens with zero attached hydrogens (tertiary/aromatic N) is 4. The smallest absolute Gasteiger partial charge is 0.0991 e. The first kappa shape index (κ1) is 15.0. The first-order valence-electron chi connectivity index (χ1n) is 7.50. The van der Waals surface area contributed by atoms with Crippen LogP contribution in [-0.4, -0.2) is 21.7 Å². The van der Waals surface area contributed by atoms with Crippen LogP contribution < -0.4 is 0 Å². The van der Waals surface area contributed by atoms with Crippen LogP contribution in [0.25, 0.3) is 11.1 Å². The SMILES string of the molecule is CN(Cc1cccc(C#N)c1)Cn1cc(-c2ccccc2)cn1. The van der Waals surface area contributed by atoms with E-state index in [9.17, 15) is 0 Å².